The molecule has 0 saturated heterocycles. The molecule has 0 aliphatic heterocycles. The van der Waals surface area contributed by atoms with Gasteiger partial charge >= 0.3 is 0 Å². The highest BCUT2D eigenvalue weighted by atomic mass is 35.5. The minimum Gasteiger partial charge on any atom is -0.494 e. The summed E-state index contributed by atoms with van der Waals surface area (Å²) in [6.45, 7) is 5.79. The Morgan fingerprint density at radius 2 is 1.56 bits per heavy atom. The first-order valence-electron chi connectivity index (χ1n) is 14.8. The molecule has 0 fully saturated rings. The molecule has 0 saturated carbocycles. The van der Waals surface area contributed by atoms with E-state index in [4.69, 9.17) is 16.3 Å². The molecule has 1 heterocycles. The normalized spacial score (nSPS) is 11.1. The van der Waals surface area contributed by atoms with Crippen LogP contribution in [0, 0.1) is 6.92 Å². The maximum absolute atomic E-state index is 12.8. The number of anilines is 1. The van der Waals surface area contributed by atoms with Gasteiger partial charge in [0.05, 0.1) is 24.1 Å². The second kappa shape index (κ2) is 18.1. The van der Waals surface area contributed by atoms with Crippen molar-refractivity contribution in [1.29, 1.82) is 0 Å². The molecular formula is C33H46ClN2O2S+. The number of benzene rings is 2. The van der Waals surface area contributed by atoms with Gasteiger partial charge in [0, 0.05) is 17.5 Å². The number of thiazole rings is 1. The Bertz CT molecular complexity index is 1130. The molecule has 1 aromatic heterocycles. The Balaban J connectivity index is 1.33. The largest absolute Gasteiger partial charge is 0.494 e. The van der Waals surface area contributed by atoms with E-state index in [0.29, 0.717) is 11.6 Å². The van der Waals surface area contributed by atoms with Gasteiger partial charge in [0.1, 0.15) is 5.75 Å². The van der Waals surface area contributed by atoms with Crippen LogP contribution in [-0.2, 0) is 17.8 Å². The van der Waals surface area contributed by atoms with Gasteiger partial charge in [0.15, 0.2) is 12.7 Å². The van der Waals surface area contributed by atoms with Crippen LogP contribution in [0.1, 0.15) is 100 Å². The second-order valence-electron chi connectivity index (χ2n) is 10.4. The van der Waals surface area contributed by atoms with Crippen molar-refractivity contribution in [3.05, 3.63) is 75.2 Å². The molecule has 0 aliphatic rings. The first kappa shape index (κ1) is 31.2. The van der Waals surface area contributed by atoms with Crippen LogP contribution in [0.2, 0.25) is 5.02 Å². The fraction of sp³-hybridized carbons (Fsp3) is 0.515. The van der Waals surface area contributed by atoms with Gasteiger partial charge in [-0.25, -0.2) is 0 Å². The molecule has 0 spiro atoms. The highest BCUT2D eigenvalue weighted by molar-refractivity contribution is 7.09. The summed E-state index contributed by atoms with van der Waals surface area (Å²) in [6.07, 6.45) is 18.2. The molecule has 1 amide bonds. The van der Waals surface area contributed by atoms with Crippen LogP contribution in [0.3, 0.4) is 0 Å². The van der Waals surface area contributed by atoms with E-state index in [1.807, 2.05) is 36.4 Å². The summed E-state index contributed by atoms with van der Waals surface area (Å²) < 4.78 is 8.11. The monoisotopic (exact) mass is 569 g/mol. The van der Waals surface area contributed by atoms with Crippen molar-refractivity contribution in [1.82, 2.24) is 0 Å². The zero-order valence-corrected chi connectivity index (χ0v) is 25.4. The van der Waals surface area contributed by atoms with E-state index >= 15 is 0 Å². The van der Waals surface area contributed by atoms with Gasteiger partial charge < -0.3 is 10.1 Å². The Kier molecular flexibility index (Phi) is 14.4. The Morgan fingerprint density at radius 1 is 0.897 bits per heavy atom. The minimum atomic E-state index is -0.0819. The van der Waals surface area contributed by atoms with Gasteiger partial charge in [-0.15, -0.1) is 0 Å². The fourth-order valence-corrected chi connectivity index (χ4v) is 5.67. The van der Waals surface area contributed by atoms with Crippen LogP contribution < -0.4 is 14.6 Å². The van der Waals surface area contributed by atoms with Gasteiger partial charge in [-0.2, -0.15) is 4.57 Å². The first-order valence-corrected chi connectivity index (χ1v) is 16.0. The third kappa shape index (κ3) is 11.7. The predicted octanol–water partition coefficient (Wildman–Crippen LogP) is 9.31. The molecule has 4 nitrogen and oxygen atoms in total. The number of hydrogen-bond acceptors (Lipinski definition) is 3. The zero-order chi connectivity index (χ0) is 27.7. The number of nitrogens with zero attached hydrogens (tertiary/aromatic N) is 1. The van der Waals surface area contributed by atoms with E-state index in [0.717, 1.165) is 35.5 Å². The SMILES string of the molecule is CCCCCCCCCCCCCCOc1ccc(CC(=O)Nc2ccccc2C[n+]2ccsc2C)c(Cl)c1. The highest BCUT2D eigenvalue weighted by Gasteiger charge is 2.14. The lowest BCUT2D eigenvalue weighted by atomic mass is 10.1. The van der Waals surface area contributed by atoms with Crippen LogP contribution in [-0.4, -0.2) is 12.5 Å². The average Bonchev–Trinajstić information content (AvgIpc) is 3.33. The fourth-order valence-electron chi connectivity index (χ4n) is 4.76. The van der Waals surface area contributed by atoms with Crippen LogP contribution in [0.25, 0.3) is 0 Å². The summed E-state index contributed by atoms with van der Waals surface area (Å²) >= 11 is 8.23. The van der Waals surface area contributed by atoms with Gasteiger partial charge in [0.2, 0.25) is 10.9 Å². The molecular weight excluding hydrogens is 524 g/mol. The van der Waals surface area contributed by atoms with Crippen LogP contribution in [0.4, 0.5) is 5.69 Å². The number of aromatic nitrogens is 1. The molecule has 1 N–H and O–H groups in total. The maximum atomic E-state index is 12.8. The van der Waals surface area contributed by atoms with Gasteiger partial charge in [-0.3, -0.25) is 4.79 Å². The summed E-state index contributed by atoms with van der Waals surface area (Å²) in [5.41, 5.74) is 2.71. The van der Waals surface area contributed by atoms with E-state index in [1.54, 1.807) is 11.3 Å². The molecule has 0 radical (unpaired) electrons. The number of amides is 1. The molecule has 3 rings (SSSR count). The highest BCUT2D eigenvalue weighted by Crippen LogP contribution is 2.24. The van der Waals surface area contributed by atoms with Crippen LogP contribution in [0.5, 0.6) is 5.75 Å². The standard InChI is InChI=1S/C33H45ClN2O2S/c1-3-4-5-6-7-8-9-10-11-12-13-16-22-38-30-20-19-28(31(34)25-30)24-33(37)35-32-18-15-14-17-29(32)26-36-21-23-39-27(36)2/h14-15,17-21,23,25H,3-13,16,22,24,26H2,1-2H3/p+1. The van der Waals surface area contributed by atoms with Crippen LogP contribution >= 0.6 is 22.9 Å². The molecule has 0 atom stereocenters. The van der Waals surface area contributed by atoms with Crippen molar-refractivity contribution < 1.29 is 14.1 Å². The average molecular weight is 570 g/mol. The molecule has 39 heavy (non-hydrogen) atoms. The Hall–Kier alpha value is -2.37. The summed E-state index contributed by atoms with van der Waals surface area (Å²) in [6, 6.07) is 13.6. The molecule has 6 heteroatoms. The summed E-state index contributed by atoms with van der Waals surface area (Å²) in [7, 11) is 0. The summed E-state index contributed by atoms with van der Waals surface area (Å²) in [5, 5.41) is 6.94. The predicted molar refractivity (Wildman–Crippen MR) is 165 cm³/mol. The number of halogens is 1. The molecule has 0 aliphatic carbocycles. The van der Waals surface area contributed by atoms with Crippen molar-refractivity contribution in [3.63, 3.8) is 0 Å². The smallest absolute Gasteiger partial charge is 0.234 e. The van der Waals surface area contributed by atoms with Crippen molar-refractivity contribution >= 4 is 34.5 Å². The van der Waals surface area contributed by atoms with Gasteiger partial charge in [-0.05, 0) is 30.2 Å². The summed E-state index contributed by atoms with van der Waals surface area (Å²) in [4.78, 5) is 12.8. The number of rotatable bonds is 19. The number of ether oxygens (including phenoxy) is 1. The van der Waals surface area contributed by atoms with E-state index in [2.05, 4.69) is 41.4 Å². The molecule has 0 bridgehead atoms. The van der Waals surface area contributed by atoms with Crippen molar-refractivity contribution in [2.24, 2.45) is 0 Å². The number of nitrogens with one attached hydrogen (secondary N) is 1. The van der Waals surface area contributed by atoms with Gasteiger partial charge in [0.25, 0.3) is 0 Å². The van der Waals surface area contributed by atoms with E-state index in [-0.39, 0.29) is 12.3 Å². The quantitative estimate of drug-likeness (QED) is 0.115. The molecule has 3 aromatic rings. The lowest BCUT2D eigenvalue weighted by Crippen LogP contribution is -2.34. The topological polar surface area (TPSA) is 42.2 Å². The Morgan fingerprint density at radius 3 is 2.21 bits per heavy atom. The number of para-hydroxylation sites is 1. The van der Waals surface area contributed by atoms with E-state index in [1.165, 1.54) is 75.6 Å². The molecule has 0 unspecified atom stereocenters. The number of aryl methyl sites for hydroxylation is 1. The zero-order valence-electron chi connectivity index (χ0n) is 23.9. The molecule has 212 valence electrons. The third-order valence-corrected chi connectivity index (χ3v) is 8.34. The van der Waals surface area contributed by atoms with Crippen molar-refractivity contribution in [2.45, 2.75) is 104 Å². The first-order chi connectivity index (χ1) is 19.1. The minimum absolute atomic E-state index is 0.0819. The second-order valence-corrected chi connectivity index (χ2v) is 11.9. The number of hydrogen-bond donors (Lipinski definition) is 1. The van der Waals surface area contributed by atoms with Crippen molar-refractivity contribution in [3.8, 4) is 5.75 Å². The maximum Gasteiger partial charge on any atom is 0.234 e. The molecule has 2 aromatic carbocycles. The van der Waals surface area contributed by atoms with Crippen molar-refractivity contribution in [2.75, 3.05) is 11.9 Å². The lowest BCUT2D eigenvalue weighted by Gasteiger charge is -2.11. The van der Waals surface area contributed by atoms with E-state index in [9.17, 15) is 4.79 Å². The summed E-state index contributed by atoms with van der Waals surface area (Å²) in [5.74, 6) is 0.683. The number of carbonyl (C=O) groups excluding carboxylic acids is 1. The Labute approximate surface area is 244 Å². The third-order valence-electron chi connectivity index (χ3n) is 7.16. The number of unbranched alkanes of at least 4 members (excludes halogenated alkanes) is 11. The van der Waals surface area contributed by atoms with Gasteiger partial charge in [-0.1, -0.05) is 125 Å². The van der Waals surface area contributed by atoms with Crippen LogP contribution in [0.15, 0.2) is 54.0 Å². The van der Waals surface area contributed by atoms with E-state index < -0.39 is 0 Å². The number of carbonyl (C=O) groups is 1. The lowest BCUT2D eigenvalue weighted by molar-refractivity contribution is -0.689.